The number of esters is 1. The van der Waals surface area contributed by atoms with Crippen molar-refractivity contribution in [3.05, 3.63) is 20.8 Å². The van der Waals surface area contributed by atoms with Gasteiger partial charge in [-0.1, -0.05) is 0 Å². The Hall–Kier alpha value is -0.350. The van der Waals surface area contributed by atoms with Gasteiger partial charge in [-0.05, 0) is 47.8 Å². The van der Waals surface area contributed by atoms with Crippen molar-refractivity contribution >= 4 is 63.2 Å². The second-order valence-corrected chi connectivity index (χ2v) is 8.02. The largest absolute Gasteiger partial charge is 0.469 e. The molecular formula is C16H25BrIN3O2S. The van der Waals surface area contributed by atoms with Crippen LogP contribution in [0.5, 0.6) is 0 Å². The molecule has 0 unspecified atom stereocenters. The number of rotatable bonds is 5. The fraction of sp³-hybridized carbons (Fsp3) is 0.625. The lowest BCUT2D eigenvalue weighted by atomic mass is 9.97. The maximum Gasteiger partial charge on any atom is 0.308 e. The summed E-state index contributed by atoms with van der Waals surface area (Å²) in [6.07, 6.45) is 2.60. The monoisotopic (exact) mass is 529 g/mol. The zero-order valence-electron chi connectivity index (χ0n) is 14.1. The van der Waals surface area contributed by atoms with Crippen molar-refractivity contribution < 1.29 is 9.53 Å². The van der Waals surface area contributed by atoms with Crippen molar-refractivity contribution in [2.45, 2.75) is 26.2 Å². The molecule has 0 atom stereocenters. The Bertz CT molecular complexity index is 545. The minimum atomic E-state index is -0.0881. The van der Waals surface area contributed by atoms with Gasteiger partial charge in [0.2, 0.25) is 0 Å². The van der Waals surface area contributed by atoms with E-state index in [0.717, 1.165) is 55.2 Å². The molecule has 1 aliphatic heterocycles. The molecule has 2 rings (SSSR count). The first kappa shape index (κ1) is 21.7. The van der Waals surface area contributed by atoms with Crippen molar-refractivity contribution in [2.75, 3.05) is 33.3 Å². The van der Waals surface area contributed by atoms with Gasteiger partial charge in [-0.3, -0.25) is 9.79 Å². The molecule has 1 aromatic rings. The van der Waals surface area contributed by atoms with E-state index in [-0.39, 0.29) is 35.9 Å². The van der Waals surface area contributed by atoms with Gasteiger partial charge in [0, 0.05) is 37.5 Å². The molecule has 0 radical (unpaired) electrons. The van der Waals surface area contributed by atoms with Gasteiger partial charge in [0.05, 0.1) is 16.8 Å². The summed E-state index contributed by atoms with van der Waals surface area (Å²) in [5, 5.41) is 3.36. The molecule has 0 spiro atoms. The Balaban J connectivity index is 0.00000288. The fourth-order valence-electron chi connectivity index (χ4n) is 2.68. The van der Waals surface area contributed by atoms with E-state index in [1.807, 2.05) is 0 Å². The lowest BCUT2D eigenvalue weighted by Gasteiger charge is -2.33. The highest BCUT2D eigenvalue weighted by Crippen LogP contribution is 2.22. The lowest BCUT2D eigenvalue weighted by molar-refractivity contribution is -0.146. The van der Waals surface area contributed by atoms with Crippen LogP contribution in [0.3, 0.4) is 0 Å². The van der Waals surface area contributed by atoms with Crippen molar-refractivity contribution in [2.24, 2.45) is 10.9 Å². The summed E-state index contributed by atoms with van der Waals surface area (Å²) in [6.45, 7) is 5.38. The Morgan fingerprint density at radius 3 is 2.71 bits per heavy atom. The second-order valence-electron chi connectivity index (χ2n) is 5.48. The highest BCUT2D eigenvalue weighted by molar-refractivity contribution is 14.0. The molecule has 1 aliphatic rings. The average molecular weight is 530 g/mol. The highest BCUT2D eigenvalue weighted by Gasteiger charge is 2.26. The van der Waals surface area contributed by atoms with E-state index in [2.05, 4.69) is 45.2 Å². The number of ether oxygens (including phenoxy) is 1. The van der Waals surface area contributed by atoms with Crippen LogP contribution >= 0.6 is 51.2 Å². The third-order valence-corrected chi connectivity index (χ3v) is 5.60. The van der Waals surface area contributed by atoms with Crippen LogP contribution in [0.15, 0.2) is 20.9 Å². The van der Waals surface area contributed by atoms with Gasteiger partial charge in [0.15, 0.2) is 5.96 Å². The van der Waals surface area contributed by atoms with Crippen molar-refractivity contribution in [3.8, 4) is 0 Å². The van der Waals surface area contributed by atoms with E-state index in [4.69, 9.17) is 9.73 Å². The molecule has 1 aromatic heterocycles. The van der Waals surface area contributed by atoms with Gasteiger partial charge in [-0.2, -0.15) is 0 Å². The van der Waals surface area contributed by atoms with Gasteiger partial charge in [0.1, 0.15) is 0 Å². The Labute approximate surface area is 173 Å². The second kappa shape index (κ2) is 11.3. The highest BCUT2D eigenvalue weighted by atomic mass is 127. The standard InChI is InChI=1S/C16H24BrN3O2S.HI/c1-3-18-16(19-9-6-13-4-5-14(17)23-13)20-10-7-12(8-11-20)15(21)22-2;/h4-5,12H,3,6-11H2,1-2H3,(H,18,19);1H. The predicted octanol–water partition coefficient (Wildman–Crippen LogP) is 3.52. The van der Waals surface area contributed by atoms with Crippen molar-refractivity contribution in [3.63, 3.8) is 0 Å². The first-order valence-electron chi connectivity index (χ1n) is 7.99. The normalized spacial score (nSPS) is 15.8. The molecule has 0 saturated carbocycles. The number of guanidine groups is 1. The van der Waals surface area contributed by atoms with Crippen LogP contribution in [0.25, 0.3) is 0 Å². The van der Waals surface area contributed by atoms with Gasteiger partial charge >= 0.3 is 5.97 Å². The first-order valence-corrected chi connectivity index (χ1v) is 9.60. The number of halogens is 2. The van der Waals surface area contributed by atoms with E-state index in [1.54, 1.807) is 11.3 Å². The summed E-state index contributed by atoms with van der Waals surface area (Å²) in [5.74, 6) is 0.892. The summed E-state index contributed by atoms with van der Waals surface area (Å²) in [7, 11) is 1.46. The topological polar surface area (TPSA) is 53.9 Å². The number of thiophene rings is 1. The SMILES string of the molecule is CCNC(=NCCc1ccc(Br)s1)N1CCC(C(=O)OC)CC1.I. The van der Waals surface area contributed by atoms with Crippen LogP contribution in [-0.4, -0.2) is 50.1 Å². The van der Waals surface area contributed by atoms with E-state index in [0.29, 0.717) is 0 Å². The average Bonchev–Trinajstić information content (AvgIpc) is 2.99. The molecule has 136 valence electrons. The fourth-order valence-corrected chi connectivity index (χ4v) is 4.15. The van der Waals surface area contributed by atoms with Crippen LogP contribution in [-0.2, 0) is 16.0 Å². The summed E-state index contributed by atoms with van der Waals surface area (Å²) >= 11 is 5.24. The van der Waals surface area contributed by atoms with Crippen molar-refractivity contribution in [1.82, 2.24) is 10.2 Å². The Kier molecular flexibility index (Phi) is 10.2. The molecule has 2 heterocycles. The van der Waals surface area contributed by atoms with Gasteiger partial charge < -0.3 is 15.0 Å². The quantitative estimate of drug-likeness (QED) is 0.274. The first-order chi connectivity index (χ1) is 11.1. The summed E-state index contributed by atoms with van der Waals surface area (Å²) < 4.78 is 6.00. The number of likely N-dealkylation sites (tertiary alicyclic amines) is 1. The molecule has 1 saturated heterocycles. The number of piperidine rings is 1. The third-order valence-electron chi connectivity index (χ3n) is 3.91. The third kappa shape index (κ3) is 6.51. The molecule has 0 aliphatic carbocycles. The van der Waals surface area contributed by atoms with E-state index >= 15 is 0 Å². The number of carbonyl (C=O) groups is 1. The molecule has 0 bridgehead atoms. The maximum atomic E-state index is 11.6. The zero-order chi connectivity index (χ0) is 16.7. The molecule has 24 heavy (non-hydrogen) atoms. The van der Waals surface area contributed by atoms with Gasteiger partial charge in [-0.15, -0.1) is 35.3 Å². The summed E-state index contributed by atoms with van der Waals surface area (Å²) in [5.41, 5.74) is 0. The summed E-state index contributed by atoms with van der Waals surface area (Å²) in [4.78, 5) is 19.9. The van der Waals surface area contributed by atoms with Crippen LogP contribution < -0.4 is 5.32 Å². The van der Waals surface area contributed by atoms with E-state index in [9.17, 15) is 4.79 Å². The molecular weight excluding hydrogens is 505 g/mol. The number of hydrogen-bond acceptors (Lipinski definition) is 4. The van der Waals surface area contributed by atoms with Crippen molar-refractivity contribution in [1.29, 1.82) is 0 Å². The maximum absolute atomic E-state index is 11.6. The van der Waals surface area contributed by atoms with E-state index in [1.165, 1.54) is 12.0 Å². The molecule has 0 amide bonds. The molecule has 1 fully saturated rings. The number of nitrogens with zero attached hydrogens (tertiary/aromatic N) is 2. The molecule has 8 heteroatoms. The molecule has 5 nitrogen and oxygen atoms in total. The van der Waals surface area contributed by atoms with Crippen LogP contribution in [0.1, 0.15) is 24.6 Å². The number of hydrogen-bond donors (Lipinski definition) is 1. The molecule has 1 N–H and O–H groups in total. The number of carbonyl (C=O) groups excluding carboxylic acids is 1. The Morgan fingerprint density at radius 1 is 1.46 bits per heavy atom. The number of aliphatic imine (C=N–C) groups is 1. The lowest BCUT2D eigenvalue weighted by Crippen LogP contribution is -2.46. The van der Waals surface area contributed by atoms with Crippen LogP contribution in [0.2, 0.25) is 0 Å². The minimum Gasteiger partial charge on any atom is -0.469 e. The Morgan fingerprint density at radius 2 is 2.17 bits per heavy atom. The van der Waals surface area contributed by atoms with Gasteiger partial charge in [-0.25, -0.2) is 0 Å². The zero-order valence-corrected chi connectivity index (χ0v) is 18.8. The summed E-state index contributed by atoms with van der Waals surface area (Å²) in [6, 6.07) is 4.21. The minimum absolute atomic E-state index is 0. The van der Waals surface area contributed by atoms with Crippen LogP contribution in [0, 0.1) is 5.92 Å². The van der Waals surface area contributed by atoms with Gasteiger partial charge in [0.25, 0.3) is 0 Å². The van der Waals surface area contributed by atoms with Crippen LogP contribution in [0.4, 0.5) is 0 Å². The number of methoxy groups -OCH3 is 1. The van der Waals surface area contributed by atoms with E-state index < -0.39 is 0 Å². The predicted molar refractivity (Wildman–Crippen MR) is 113 cm³/mol. The molecule has 0 aromatic carbocycles. The number of nitrogens with one attached hydrogen (secondary N) is 1. The smallest absolute Gasteiger partial charge is 0.308 e.